The summed E-state index contributed by atoms with van der Waals surface area (Å²) in [6.45, 7) is 5.45. The quantitative estimate of drug-likeness (QED) is 0.331. The van der Waals surface area contributed by atoms with E-state index in [1.165, 1.54) is 6.07 Å². The van der Waals surface area contributed by atoms with Crippen LogP contribution in [0.1, 0.15) is 30.5 Å². The highest BCUT2D eigenvalue weighted by molar-refractivity contribution is 5.66. The summed E-state index contributed by atoms with van der Waals surface area (Å²) in [4.78, 5) is 9.35. The van der Waals surface area contributed by atoms with Gasteiger partial charge in [0.2, 0.25) is 11.5 Å². The molecule has 0 fully saturated rings. The van der Waals surface area contributed by atoms with Gasteiger partial charge >= 0.3 is 6.18 Å². The number of rotatable bonds is 6. The van der Waals surface area contributed by atoms with Gasteiger partial charge in [0.25, 0.3) is 0 Å². The number of aliphatic imine (C=N–C) groups is 1. The molecule has 0 amide bonds. The molecule has 29 heavy (non-hydrogen) atoms. The van der Waals surface area contributed by atoms with Crippen molar-refractivity contribution in [2.75, 3.05) is 14.2 Å². The molecule has 2 aromatic rings. The predicted molar refractivity (Wildman–Crippen MR) is 102 cm³/mol. The zero-order chi connectivity index (χ0) is 22.0. The maximum atomic E-state index is 14.2. The smallest absolute Gasteiger partial charge is 0.426 e. The van der Waals surface area contributed by atoms with Gasteiger partial charge in [-0.05, 0) is 44.5 Å². The summed E-state index contributed by atoms with van der Waals surface area (Å²) in [6.07, 6.45) is -2.69. The number of halogens is 4. The highest BCUT2D eigenvalue weighted by Gasteiger charge is 2.59. The zero-order valence-corrected chi connectivity index (χ0v) is 16.8. The number of hydrogen-bond donors (Lipinski definition) is 1. The Morgan fingerprint density at radius 2 is 1.90 bits per heavy atom. The Labute approximate surface area is 166 Å². The maximum absolute atomic E-state index is 14.2. The van der Waals surface area contributed by atoms with E-state index in [0.29, 0.717) is 11.3 Å². The molecule has 1 aromatic heterocycles. The molecule has 0 saturated heterocycles. The molecule has 1 heterocycles. The van der Waals surface area contributed by atoms with Crippen molar-refractivity contribution in [3.63, 3.8) is 0 Å². The maximum Gasteiger partial charge on any atom is 0.426 e. The van der Waals surface area contributed by atoms with Crippen LogP contribution >= 0.6 is 0 Å². The molecular formula is C20H23F4N3O2. The number of methoxy groups -OCH3 is 1. The van der Waals surface area contributed by atoms with Crippen molar-refractivity contribution in [1.82, 2.24) is 9.88 Å². The molecule has 5 nitrogen and oxygen atoms in total. The van der Waals surface area contributed by atoms with Crippen LogP contribution in [0.4, 0.5) is 23.2 Å². The van der Waals surface area contributed by atoms with Crippen LogP contribution in [0.5, 0.6) is 5.75 Å². The third-order valence-corrected chi connectivity index (χ3v) is 4.66. The molecule has 0 aliphatic rings. The predicted octanol–water partition coefficient (Wildman–Crippen LogP) is 4.34. The molecule has 0 spiro atoms. The van der Waals surface area contributed by atoms with Crippen LogP contribution in [-0.4, -0.2) is 47.7 Å². The molecule has 0 aliphatic heterocycles. The van der Waals surface area contributed by atoms with Crippen LogP contribution in [0.25, 0.3) is 0 Å². The first-order valence-corrected chi connectivity index (χ1v) is 8.78. The molecule has 0 saturated carbocycles. The highest BCUT2D eigenvalue weighted by atomic mass is 19.4. The SMILES string of the molecule is COc1cc(N=CN(C)C(C)C)c(C)cc1C(O)(c1cccnc1F)C(F)(F)F. The van der Waals surface area contributed by atoms with Gasteiger partial charge in [-0.1, -0.05) is 0 Å². The topological polar surface area (TPSA) is 58.0 Å². The van der Waals surface area contributed by atoms with Crippen molar-refractivity contribution in [3.8, 4) is 5.75 Å². The van der Waals surface area contributed by atoms with E-state index < -0.39 is 28.9 Å². The van der Waals surface area contributed by atoms with E-state index in [0.717, 1.165) is 31.5 Å². The van der Waals surface area contributed by atoms with Gasteiger partial charge in [0.15, 0.2) is 0 Å². The summed E-state index contributed by atoms with van der Waals surface area (Å²) in [5.74, 6) is -1.70. The molecule has 0 bridgehead atoms. The van der Waals surface area contributed by atoms with Crippen LogP contribution in [0.2, 0.25) is 0 Å². The van der Waals surface area contributed by atoms with Gasteiger partial charge in [0, 0.05) is 30.9 Å². The molecule has 0 radical (unpaired) electrons. The molecule has 1 N–H and O–H groups in total. The molecule has 1 atom stereocenters. The van der Waals surface area contributed by atoms with E-state index in [-0.39, 0.29) is 11.8 Å². The first-order chi connectivity index (χ1) is 13.4. The van der Waals surface area contributed by atoms with Crippen LogP contribution in [0, 0.1) is 12.9 Å². The summed E-state index contributed by atoms with van der Waals surface area (Å²) in [5.41, 5.74) is -4.61. The van der Waals surface area contributed by atoms with Gasteiger partial charge in [-0.2, -0.15) is 17.6 Å². The normalized spacial score (nSPS) is 14.3. The Hall–Kier alpha value is -2.68. The molecular weight excluding hydrogens is 390 g/mol. The lowest BCUT2D eigenvalue weighted by Gasteiger charge is -2.32. The van der Waals surface area contributed by atoms with Gasteiger partial charge in [-0.3, -0.25) is 0 Å². The molecule has 0 aliphatic carbocycles. The summed E-state index contributed by atoms with van der Waals surface area (Å²) < 4.78 is 61.3. The Morgan fingerprint density at radius 1 is 1.24 bits per heavy atom. The number of aryl methyl sites for hydroxylation is 1. The lowest BCUT2D eigenvalue weighted by atomic mass is 9.84. The highest BCUT2D eigenvalue weighted by Crippen LogP contribution is 2.49. The summed E-state index contributed by atoms with van der Waals surface area (Å²) in [7, 11) is 2.97. The van der Waals surface area contributed by atoms with Crippen LogP contribution in [0.15, 0.2) is 35.5 Å². The number of pyridine rings is 1. The Kier molecular flexibility index (Phi) is 6.52. The number of hydrogen-bond acceptors (Lipinski definition) is 4. The lowest BCUT2D eigenvalue weighted by Crippen LogP contribution is -2.44. The van der Waals surface area contributed by atoms with Gasteiger partial charge < -0.3 is 14.7 Å². The fourth-order valence-corrected chi connectivity index (χ4v) is 2.66. The van der Waals surface area contributed by atoms with Crippen molar-refractivity contribution in [3.05, 3.63) is 53.1 Å². The monoisotopic (exact) mass is 413 g/mol. The number of alkyl halides is 3. The first-order valence-electron chi connectivity index (χ1n) is 8.78. The number of nitrogens with zero attached hydrogens (tertiary/aromatic N) is 3. The third kappa shape index (κ3) is 4.34. The fraction of sp³-hybridized carbons (Fsp3) is 0.400. The Morgan fingerprint density at radius 3 is 2.41 bits per heavy atom. The van der Waals surface area contributed by atoms with Gasteiger partial charge in [-0.15, -0.1) is 0 Å². The molecule has 1 aromatic carbocycles. The third-order valence-electron chi connectivity index (χ3n) is 4.66. The van der Waals surface area contributed by atoms with Gasteiger partial charge in [0.1, 0.15) is 5.75 Å². The molecule has 158 valence electrons. The van der Waals surface area contributed by atoms with Crippen LogP contribution < -0.4 is 4.74 Å². The second-order valence-corrected chi connectivity index (χ2v) is 6.89. The first kappa shape index (κ1) is 22.6. The number of aliphatic hydroxyl groups is 1. The summed E-state index contributed by atoms with van der Waals surface area (Å²) >= 11 is 0. The minimum absolute atomic E-state index is 0.170. The van der Waals surface area contributed by atoms with Gasteiger partial charge in [0.05, 0.1) is 24.7 Å². The van der Waals surface area contributed by atoms with Crippen LogP contribution in [-0.2, 0) is 5.60 Å². The van der Waals surface area contributed by atoms with Crippen molar-refractivity contribution < 1.29 is 27.4 Å². The second kappa shape index (κ2) is 8.36. The van der Waals surface area contributed by atoms with Crippen molar-refractivity contribution in [1.29, 1.82) is 0 Å². The molecule has 9 heteroatoms. The van der Waals surface area contributed by atoms with Crippen molar-refractivity contribution in [2.24, 2.45) is 4.99 Å². The van der Waals surface area contributed by atoms with E-state index in [1.54, 1.807) is 13.3 Å². The molecule has 2 rings (SSSR count). The van der Waals surface area contributed by atoms with E-state index in [9.17, 15) is 22.7 Å². The van der Waals surface area contributed by atoms with Crippen molar-refractivity contribution >= 4 is 12.0 Å². The van der Waals surface area contributed by atoms with Crippen LogP contribution in [0.3, 0.4) is 0 Å². The van der Waals surface area contributed by atoms with E-state index in [1.807, 2.05) is 25.8 Å². The Balaban J connectivity index is 2.70. The minimum Gasteiger partial charge on any atom is -0.496 e. The average Bonchev–Trinajstić information content (AvgIpc) is 2.65. The van der Waals surface area contributed by atoms with Gasteiger partial charge in [-0.25, -0.2) is 9.98 Å². The lowest BCUT2D eigenvalue weighted by molar-refractivity contribution is -0.249. The summed E-state index contributed by atoms with van der Waals surface area (Å²) in [5, 5.41) is 10.8. The average molecular weight is 413 g/mol. The fourth-order valence-electron chi connectivity index (χ4n) is 2.66. The van der Waals surface area contributed by atoms with Crippen molar-refractivity contribution in [2.45, 2.75) is 38.6 Å². The van der Waals surface area contributed by atoms with E-state index in [4.69, 9.17) is 4.74 Å². The summed E-state index contributed by atoms with van der Waals surface area (Å²) in [6, 6.07) is 4.51. The van der Waals surface area contributed by atoms with E-state index in [2.05, 4.69) is 9.98 Å². The second-order valence-electron chi connectivity index (χ2n) is 6.89. The number of benzene rings is 1. The Bertz CT molecular complexity index is 900. The number of ether oxygens (including phenoxy) is 1. The number of aromatic nitrogens is 1. The minimum atomic E-state index is -5.24. The van der Waals surface area contributed by atoms with E-state index >= 15 is 0 Å². The largest absolute Gasteiger partial charge is 0.496 e. The standard InChI is InChI=1S/C20H23F4N3O2/c1-12(2)27(4)11-26-16-10-17(29-5)15(9-13(16)3)19(28,20(22,23)24)14-7-6-8-25-18(14)21/h6-12,28H,1-5H3. The zero-order valence-electron chi connectivity index (χ0n) is 16.8. The molecule has 1 unspecified atom stereocenters.